The second-order valence-electron chi connectivity index (χ2n) is 5.06. The molecule has 0 heterocycles. The van der Waals surface area contributed by atoms with E-state index in [1.165, 1.54) is 11.1 Å². The monoisotopic (exact) mass is 275 g/mol. The second kappa shape index (κ2) is 4.86. The van der Waals surface area contributed by atoms with Crippen molar-refractivity contribution in [1.29, 1.82) is 0 Å². The van der Waals surface area contributed by atoms with Crippen molar-refractivity contribution in [3.05, 3.63) is 63.9 Å². The van der Waals surface area contributed by atoms with Gasteiger partial charge in [0, 0.05) is 5.02 Å². The van der Waals surface area contributed by atoms with Gasteiger partial charge < -0.3 is 5.32 Å². The van der Waals surface area contributed by atoms with Crippen molar-refractivity contribution in [2.24, 2.45) is 0 Å². The zero-order valence-corrected chi connectivity index (χ0v) is 11.5. The normalized spacial score (nSPS) is 17.3. The van der Waals surface area contributed by atoms with Gasteiger partial charge >= 0.3 is 0 Å². The van der Waals surface area contributed by atoms with Gasteiger partial charge in [0.15, 0.2) is 0 Å². The lowest BCUT2D eigenvalue weighted by atomic mass is 10.1. The first kappa shape index (κ1) is 12.5. The molecular weight excluding hydrogens is 261 g/mol. The highest BCUT2D eigenvalue weighted by atomic mass is 35.5. The molecule has 0 saturated heterocycles. The number of aryl methyl sites for hydroxylation is 2. The van der Waals surface area contributed by atoms with Crippen molar-refractivity contribution in [3.8, 4) is 0 Å². The zero-order valence-electron chi connectivity index (χ0n) is 10.7. The van der Waals surface area contributed by atoms with Gasteiger partial charge in [0.25, 0.3) is 0 Å². The SMILES string of the molecule is Cc1ccc(NC2CCc3cc(Cl)ccc32)c(F)c1. The number of fused-ring (bicyclic) bond motifs is 1. The first-order valence-corrected chi connectivity index (χ1v) is 6.82. The standard InChI is InChI=1S/C16H15ClFN/c1-10-2-6-16(14(18)8-10)19-15-7-3-11-9-12(17)4-5-13(11)15/h2,4-6,8-9,15,19H,3,7H2,1H3. The van der Waals surface area contributed by atoms with Gasteiger partial charge in [-0.05, 0) is 60.7 Å². The van der Waals surface area contributed by atoms with E-state index in [2.05, 4.69) is 5.32 Å². The van der Waals surface area contributed by atoms with Crippen molar-refractivity contribution >= 4 is 17.3 Å². The number of rotatable bonds is 2. The molecule has 0 spiro atoms. The van der Waals surface area contributed by atoms with Crippen molar-refractivity contribution in [2.75, 3.05) is 5.32 Å². The first-order valence-electron chi connectivity index (χ1n) is 6.44. The topological polar surface area (TPSA) is 12.0 Å². The molecule has 0 fully saturated rings. The Balaban J connectivity index is 1.86. The summed E-state index contributed by atoms with van der Waals surface area (Å²) in [6.07, 6.45) is 1.96. The molecule has 98 valence electrons. The highest BCUT2D eigenvalue weighted by Crippen LogP contribution is 2.35. The molecular formula is C16H15ClFN. The van der Waals surface area contributed by atoms with E-state index in [0.29, 0.717) is 5.69 Å². The summed E-state index contributed by atoms with van der Waals surface area (Å²) in [5.74, 6) is -0.192. The highest BCUT2D eigenvalue weighted by molar-refractivity contribution is 6.30. The Hall–Kier alpha value is -1.54. The van der Waals surface area contributed by atoms with Crippen LogP contribution in [0.2, 0.25) is 5.02 Å². The number of benzene rings is 2. The molecule has 1 N–H and O–H groups in total. The van der Waals surface area contributed by atoms with Crippen LogP contribution < -0.4 is 5.32 Å². The lowest BCUT2D eigenvalue weighted by molar-refractivity contribution is 0.623. The minimum Gasteiger partial charge on any atom is -0.376 e. The average Bonchev–Trinajstić information content (AvgIpc) is 2.75. The summed E-state index contributed by atoms with van der Waals surface area (Å²) in [7, 11) is 0. The molecule has 3 heteroatoms. The van der Waals surface area contributed by atoms with E-state index in [-0.39, 0.29) is 11.9 Å². The zero-order chi connectivity index (χ0) is 13.4. The van der Waals surface area contributed by atoms with Gasteiger partial charge in [-0.3, -0.25) is 0 Å². The van der Waals surface area contributed by atoms with Crippen molar-refractivity contribution in [1.82, 2.24) is 0 Å². The van der Waals surface area contributed by atoms with Crippen molar-refractivity contribution in [2.45, 2.75) is 25.8 Å². The summed E-state index contributed by atoms with van der Waals surface area (Å²) in [5, 5.41) is 4.06. The molecule has 19 heavy (non-hydrogen) atoms. The fraction of sp³-hybridized carbons (Fsp3) is 0.250. The van der Waals surface area contributed by atoms with Gasteiger partial charge in [0.2, 0.25) is 0 Å². The molecule has 1 unspecified atom stereocenters. The van der Waals surface area contributed by atoms with E-state index in [1.807, 2.05) is 31.2 Å². The van der Waals surface area contributed by atoms with Crippen LogP contribution in [0.3, 0.4) is 0 Å². The quantitative estimate of drug-likeness (QED) is 0.823. The third-order valence-corrected chi connectivity index (χ3v) is 3.87. The third kappa shape index (κ3) is 2.45. The van der Waals surface area contributed by atoms with Gasteiger partial charge in [-0.15, -0.1) is 0 Å². The van der Waals surface area contributed by atoms with Crippen LogP contribution in [0.5, 0.6) is 0 Å². The highest BCUT2D eigenvalue weighted by Gasteiger charge is 2.23. The summed E-state index contributed by atoms with van der Waals surface area (Å²) in [5.41, 5.74) is 3.99. The van der Waals surface area contributed by atoms with Gasteiger partial charge in [-0.25, -0.2) is 4.39 Å². The number of halogens is 2. The van der Waals surface area contributed by atoms with Gasteiger partial charge in [-0.1, -0.05) is 23.7 Å². The lowest BCUT2D eigenvalue weighted by Crippen LogP contribution is -2.08. The molecule has 0 aromatic heterocycles. The number of nitrogens with one attached hydrogen (secondary N) is 1. The molecule has 0 radical (unpaired) electrons. The number of hydrogen-bond donors (Lipinski definition) is 1. The molecule has 1 aliphatic rings. The van der Waals surface area contributed by atoms with Crippen LogP contribution in [0.1, 0.15) is 29.2 Å². The maximum Gasteiger partial charge on any atom is 0.146 e. The Morgan fingerprint density at radius 3 is 2.84 bits per heavy atom. The van der Waals surface area contributed by atoms with E-state index < -0.39 is 0 Å². The summed E-state index contributed by atoms with van der Waals surface area (Å²) in [6.45, 7) is 1.89. The van der Waals surface area contributed by atoms with E-state index in [0.717, 1.165) is 23.4 Å². The minimum absolute atomic E-state index is 0.171. The lowest BCUT2D eigenvalue weighted by Gasteiger charge is -2.16. The predicted molar refractivity (Wildman–Crippen MR) is 77.3 cm³/mol. The summed E-state index contributed by atoms with van der Waals surface area (Å²) in [4.78, 5) is 0. The fourth-order valence-corrected chi connectivity index (χ4v) is 2.86. The number of hydrogen-bond acceptors (Lipinski definition) is 1. The van der Waals surface area contributed by atoms with E-state index in [1.54, 1.807) is 12.1 Å². The molecule has 1 nitrogen and oxygen atoms in total. The van der Waals surface area contributed by atoms with Gasteiger partial charge in [-0.2, -0.15) is 0 Å². The summed E-state index contributed by atoms with van der Waals surface area (Å²) in [6, 6.07) is 11.4. The van der Waals surface area contributed by atoms with Gasteiger partial charge in [0.1, 0.15) is 5.82 Å². The van der Waals surface area contributed by atoms with Crippen LogP contribution in [0, 0.1) is 12.7 Å². The number of anilines is 1. The maximum atomic E-state index is 13.9. The van der Waals surface area contributed by atoms with E-state index in [9.17, 15) is 4.39 Å². The Morgan fingerprint density at radius 1 is 1.21 bits per heavy atom. The Bertz CT molecular complexity index is 624. The predicted octanol–water partition coefficient (Wildman–Crippen LogP) is 4.89. The molecule has 0 amide bonds. The van der Waals surface area contributed by atoms with Crippen LogP contribution in [-0.4, -0.2) is 0 Å². The van der Waals surface area contributed by atoms with Gasteiger partial charge in [0.05, 0.1) is 11.7 Å². The van der Waals surface area contributed by atoms with E-state index in [4.69, 9.17) is 11.6 Å². The Labute approximate surface area is 117 Å². The Morgan fingerprint density at radius 2 is 2.05 bits per heavy atom. The van der Waals surface area contributed by atoms with Crippen LogP contribution in [0.25, 0.3) is 0 Å². The molecule has 0 bridgehead atoms. The van der Waals surface area contributed by atoms with Crippen LogP contribution >= 0.6 is 11.6 Å². The van der Waals surface area contributed by atoms with E-state index >= 15 is 0 Å². The molecule has 3 rings (SSSR count). The molecule has 1 atom stereocenters. The van der Waals surface area contributed by atoms with Crippen LogP contribution in [0.15, 0.2) is 36.4 Å². The maximum absolute atomic E-state index is 13.9. The smallest absolute Gasteiger partial charge is 0.146 e. The second-order valence-corrected chi connectivity index (χ2v) is 5.50. The first-order chi connectivity index (χ1) is 9.13. The third-order valence-electron chi connectivity index (χ3n) is 3.64. The molecule has 2 aromatic rings. The molecule has 0 aliphatic heterocycles. The van der Waals surface area contributed by atoms with Crippen molar-refractivity contribution in [3.63, 3.8) is 0 Å². The van der Waals surface area contributed by atoms with Crippen molar-refractivity contribution < 1.29 is 4.39 Å². The average molecular weight is 276 g/mol. The summed E-state index contributed by atoms with van der Waals surface area (Å²) < 4.78 is 13.9. The van der Waals surface area contributed by atoms with Crippen LogP contribution in [0.4, 0.5) is 10.1 Å². The molecule has 0 saturated carbocycles. The molecule has 1 aliphatic carbocycles. The van der Waals surface area contributed by atoms with Crippen LogP contribution in [-0.2, 0) is 6.42 Å². The fourth-order valence-electron chi connectivity index (χ4n) is 2.66. The summed E-state index contributed by atoms with van der Waals surface area (Å²) >= 11 is 5.99. The Kier molecular flexibility index (Phi) is 3.19. The molecule has 2 aromatic carbocycles. The largest absolute Gasteiger partial charge is 0.376 e. The minimum atomic E-state index is -0.192.